The highest BCUT2D eigenvalue weighted by atomic mass is 16.5. The van der Waals surface area contributed by atoms with Crippen molar-refractivity contribution >= 4 is 11.8 Å². The number of unbranched alkanes of at least 4 members (excludes halogenated alkanes) is 2. The Balaban J connectivity index is 2.16. The van der Waals surface area contributed by atoms with Crippen LogP contribution in [0.15, 0.2) is 48.5 Å². The molecule has 2 aromatic carbocycles. The third kappa shape index (κ3) is 8.32. The molecule has 0 unspecified atom stereocenters. The molecule has 0 aliphatic heterocycles. The first-order valence-corrected chi connectivity index (χ1v) is 11.0. The third-order valence-electron chi connectivity index (χ3n) is 4.88. The average molecular weight is 427 g/mol. The topological polar surface area (TPSA) is 76.7 Å². The maximum Gasteiger partial charge on any atom is 0.221 e. The molecule has 2 amide bonds. The highest BCUT2D eigenvalue weighted by Gasteiger charge is 2.19. The number of hydrogen-bond donors (Lipinski definition) is 2. The molecule has 0 aromatic heterocycles. The van der Waals surface area contributed by atoms with Crippen LogP contribution in [0.25, 0.3) is 0 Å². The zero-order chi connectivity index (χ0) is 22.5. The SMILES string of the molecule is CCCCC(=O)NC(NC(=O)CCCC)c1ccc(OCc2ccccc2)c(OC)c1. The minimum absolute atomic E-state index is 0.0917. The molecule has 6 heteroatoms. The van der Waals surface area contributed by atoms with Crippen LogP contribution in [0.5, 0.6) is 11.5 Å². The lowest BCUT2D eigenvalue weighted by atomic mass is 10.1. The van der Waals surface area contributed by atoms with Gasteiger partial charge in [0.2, 0.25) is 11.8 Å². The highest BCUT2D eigenvalue weighted by molar-refractivity contribution is 5.79. The van der Waals surface area contributed by atoms with Crippen LogP contribution in [-0.4, -0.2) is 18.9 Å². The van der Waals surface area contributed by atoms with E-state index < -0.39 is 6.17 Å². The Labute approximate surface area is 185 Å². The molecule has 0 spiro atoms. The smallest absolute Gasteiger partial charge is 0.221 e. The van der Waals surface area contributed by atoms with Crippen molar-refractivity contribution in [2.75, 3.05) is 7.11 Å². The summed E-state index contributed by atoms with van der Waals surface area (Å²) in [6.45, 7) is 4.49. The first-order valence-electron chi connectivity index (χ1n) is 11.0. The van der Waals surface area contributed by atoms with E-state index in [1.807, 2.05) is 50.2 Å². The summed E-state index contributed by atoms with van der Waals surface area (Å²) in [6.07, 6.45) is 3.70. The number of methoxy groups -OCH3 is 1. The number of nitrogens with one attached hydrogen (secondary N) is 2. The first-order chi connectivity index (χ1) is 15.1. The van der Waals surface area contributed by atoms with Gasteiger partial charge in [0, 0.05) is 12.8 Å². The Bertz CT molecular complexity index is 802. The number of amides is 2. The van der Waals surface area contributed by atoms with Gasteiger partial charge in [0.1, 0.15) is 12.8 Å². The standard InChI is InChI=1S/C25H34N2O4/c1-4-6-13-23(28)26-25(27-24(29)14-7-5-2)20-15-16-21(22(17-20)30-3)31-18-19-11-9-8-10-12-19/h8-12,15-17,25H,4-7,13-14,18H2,1-3H3,(H,26,28)(H,27,29). The number of carbonyl (C=O) groups excluding carboxylic acids is 2. The monoisotopic (exact) mass is 426 g/mol. The van der Waals surface area contributed by atoms with Gasteiger partial charge < -0.3 is 20.1 Å². The molecule has 0 saturated heterocycles. The van der Waals surface area contributed by atoms with Gasteiger partial charge in [-0.05, 0) is 36.1 Å². The molecule has 0 aliphatic rings. The Morgan fingerprint density at radius 1 is 0.871 bits per heavy atom. The van der Waals surface area contributed by atoms with Crippen molar-refractivity contribution in [3.63, 3.8) is 0 Å². The van der Waals surface area contributed by atoms with Crippen molar-refractivity contribution in [3.05, 3.63) is 59.7 Å². The fourth-order valence-corrected chi connectivity index (χ4v) is 3.06. The van der Waals surface area contributed by atoms with Gasteiger partial charge in [0.15, 0.2) is 11.5 Å². The minimum Gasteiger partial charge on any atom is -0.493 e. The predicted octanol–water partition coefficient (Wildman–Crippen LogP) is 4.89. The molecule has 31 heavy (non-hydrogen) atoms. The molecule has 0 radical (unpaired) electrons. The van der Waals surface area contributed by atoms with Crippen LogP contribution < -0.4 is 20.1 Å². The van der Waals surface area contributed by atoms with Gasteiger partial charge in [-0.1, -0.05) is 63.1 Å². The van der Waals surface area contributed by atoms with Gasteiger partial charge in [-0.2, -0.15) is 0 Å². The Morgan fingerprint density at radius 3 is 2.03 bits per heavy atom. The van der Waals surface area contributed by atoms with Gasteiger partial charge in [-0.3, -0.25) is 9.59 Å². The minimum atomic E-state index is -0.620. The second-order valence-corrected chi connectivity index (χ2v) is 7.46. The summed E-state index contributed by atoms with van der Waals surface area (Å²) in [5, 5.41) is 5.87. The van der Waals surface area contributed by atoms with Gasteiger partial charge in [0.25, 0.3) is 0 Å². The van der Waals surface area contributed by atoms with E-state index in [4.69, 9.17) is 9.47 Å². The van der Waals surface area contributed by atoms with Crippen LogP contribution in [-0.2, 0) is 16.2 Å². The summed E-state index contributed by atoms with van der Waals surface area (Å²) >= 11 is 0. The molecule has 6 nitrogen and oxygen atoms in total. The number of carbonyl (C=O) groups is 2. The Morgan fingerprint density at radius 2 is 1.48 bits per heavy atom. The molecule has 2 aromatic rings. The molecule has 0 atom stereocenters. The van der Waals surface area contributed by atoms with Crippen molar-refractivity contribution in [2.45, 2.75) is 65.1 Å². The summed E-state index contributed by atoms with van der Waals surface area (Å²) in [7, 11) is 1.57. The third-order valence-corrected chi connectivity index (χ3v) is 4.88. The van der Waals surface area contributed by atoms with Crippen molar-refractivity contribution < 1.29 is 19.1 Å². The Kier molecular flexibility index (Phi) is 10.4. The molecule has 2 rings (SSSR count). The lowest BCUT2D eigenvalue weighted by molar-refractivity contribution is -0.124. The summed E-state index contributed by atoms with van der Waals surface area (Å²) in [4.78, 5) is 24.7. The molecular formula is C25H34N2O4. The van der Waals surface area contributed by atoms with E-state index in [0.717, 1.165) is 36.8 Å². The number of benzene rings is 2. The molecule has 0 saturated carbocycles. The lowest BCUT2D eigenvalue weighted by Crippen LogP contribution is -2.41. The number of hydrogen-bond acceptors (Lipinski definition) is 4. The first kappa shape index (κ1) is 24.3. The van der Waals surface area contributed by atoms with Gasteiger partial charge in [-0.25, -0.2) is 0 Å². The summed E-state index contributed by atoms with van der Waals surface area (Å²) in [6, 6.07) is 15.3. The van der Waals surface area contributed by atoms with Crippen LogP contribution in [0, 0.1) is 0 Å². The van der Waals surface area contributed by atoms with E-state index in [9.17, 15) is 9.59 Å². The van der Waals surface area contributed by atoms with E-state index >= 15 is 0 Å². The Hall–Kier alpha value is -3.02. The fraction of sp³-hybridized carbons (Fsp3) is 0.440. The molecule has 168 valence electrons. The maximum atomic E-state index is 12.3. The molecule has 0 aliphatic carbocycles. The maximum absolute atomic E-state index is 12.3. The van der Waals surface area contributed by atoms with Crippen LogP contribution in [0.4, 0.5) is 0 Å². The van der Waals surface area contributed by atoms with Crippen molar-refractivity contribution in [1.29, 1.82) is 0 Å². The van der Waals surface area contributed by atoms with Crippen LogP contribution in [0.2, 0.25) is 0 Å². The normalized spacial score (nSPS) is 10.6. The molecule has 0 bridgehead atoms. The van der Waals surface area contributed by atoms with Crippen molar-refractivity contribution in [1.82, 2.24) is 10.6 Å². The van der Waals surface area contributed by atoms with Crippen LogP contribution in [0.3, 0.4) is 0 Å². The molecular weight excluding hydrogens is 392 g/mol. The second kappa shape index (κ2) is 13.3. The van der Waals surface area contributed by atoms with Crippen LogP contribution in [0.1, 0.15) is 69.7 Å². The van der Waals surface area contributed by atoms with E-state index in [1.165, 1.54) is 0 Å². The summed E-state index contributed by atoms with van der Waals surface area (Å²) < 4.78 is 11.4. The number of rotatable bonds is 13. The van der Waals surface area contributed by atoms with Crippen molar-refractivity contribution in [3.8, 4) is 11.5 Å². The largest absolute Gasteiger partial charge is 0.493 e. The summed E-state index contributed by atoms with van der Waals surface area (Å²) in [5.41, 5.74) is 1.79. The van der Waals surface area contributed by atoms with Gasteiger partial charge in [0.05, 0.1) is 7.11 Å². The van der Waals surface area contributed by atoms with Crippen molar-refractivity contribution in [2.24, 2.45) is 0 Å². The predicted molar refractivity (Wildman–Crippen MR) is 122 cm³/mol. The van der Waals surface area contributed by atoms with E-state index in [1.54, 1.807) is 19.2 Å². The van der Waals surface area contributed by atoms with Gasteiger partial charge >= 0.3 is 0 Å². The van der Waals surface area contributed by atoms with Crippen LogP contribution >= 0.6 is 0 Å². The molecule has 0 fully saturated rings. The lowest BCUT2D eigenvalue weighted by Gasteiger charge is -2.22. The van der Waals surface area contributed by atoms with E-state index in [2.05, 4.69) is 10.6 Å². The zero-order valence-electron chi connectivity index (χ0n) is 18.8. The summed E-state index contributed by atoms with van der Waals surface area (Å²) in [5.74, 6) is 0.963. The number of ether oxygens (including phenoxy) is 2. The molecule has 0 heterocycles. The second-order valence-electron chi connectivity index (χ2n) is 7.46. The average Bonchev–Trinajstić information content (AvgIpc) is 2.80. The quantitative estimate of drug-likeness (QED) is 0.447. The van der Waals surface area contributed by atoms with E-state index in [-0.39, 0.29) is 11.8 Å². The molecule has 2 N–H and O–H groups in total. The van der Waals surface area contributed by atoms with Gasteiger partial charge in [-0.15, -0.1) is 0 Å². The van der Waals surface area contributed by atoms with E-state index in [0.29, 0.717) is 30.9 Å². The zero-order valence-corrected chi connectivity index (χ0v) is 18.8. The highest BCUT2D eigenvalue weighted by Crippen LogP contribution is 2.30. The fourth-order valence-electron chi connectivity index (χ4n) is 3.06.